The fourth-order valence-corrected chi connectivity index (χ4v) is 4.34. The highest BCUT2D eigenvalue weighted by atomic mass is 19.1. The van der Waals surface area contributed by atoms with Crippen LogP contribution in [0.15, 0.2) is 36.7 Å². The molecule has 0 bridgehead atoms. The lowest BCUT2D eigenvalue weighted by atomic mass is 10.1. The Morgan fingerprint density at radius 2 is 2.12 bits per heavy atom. The summed E-state index contributed by atoms with van der Waals surface area (Å²) >= 11 is 0. The van der Waals surface area contributed by atoms with Crippen molar-refractivity contribution >= 4 is 39.1 Å². The monoisotopic (exact) mass is 449 g/mol. The Labute approximate surface area is 189 Å². The van der Waals surface area contributed by atoms with Crippen molar-refractivity contribution in [3.63, 3.8) is 0 Å². The van der Waals surface area contributed by atoms with E-state index in [-0.39, 0.29) is 11.5 Å². The molecule has 1 saturated heterocycles. The summed E-state index contributed by atoms with van der Waals surface area (Å²) in [4.78, 5) is 24.2. The maximum atomic E-state index is 14.5. The summed E-state index contributed by atoms with van der Waals surface area (Å²) in [7, 11) is 5.16. The van der Waals surface area contributed by atoms with Gasteiger partial charge in [-0.1, -0.05) is 0 Å². The van der Waals surface area contributed by atoms with Crippen LogP contribution in [0.25, 0.3) is 21.8 Å². The normalized spacial score (nSPS) is 16.0. The van der Waals surface area contributed by atoms with E-state index in [2.05, 4.69) is 30.6 Å². The van der Waals surface area contributed by atoms with E-state index in [1.807, 2.05) is 13.1 Å². The summed E-state index contributed by atoms with van der Waals surface area (Å²) in [5.41, 5.74) is 2.39. The molecule has 1 aliphatic rings. The summed E-state index contributed by atoms with van der Waals surface area (Å²) in [6.45, 7) is 1.75. The van der Waals surface area contributed by atoms with Crippen molar-refractivity contribution < 1.29 is 13.9 Å². The molecule has 33 heavy (non-hydrogen) atoms. The Hall–Kier alpha value is -3.79. The van der Waals surface area contributed by atoms with E-state index in [0.717, 1.165) is 30.6 Å². The van der Waals surface area contributed by atoms with Crippen molar-refractivity contribution in [3.8, 4) is 6.01 Å². The first-order valence-electron chi connectivity index (χ1n) is 10.7. The second-order valence-electron chi connectivity index (χ2n) is 8.12. The molecule has 1 fully saturated rings. The van der Waals surface area contributed by atoms with E-state index in [9.17, 15) is 9.18 Å². The zero-order valence-corrected chi connectivity index (χ0v) is 18.6. The van der Waals surface area contributed by atoms with Gasteiger partial charge in [-0.05, 0) is 37.7 Å². The number of hydrogen-bond acceptors (Lipinski definition) is 7. The second-order valence-corrected chi connectivity index (χ2v) is 8.12. The summed E-state index contributed by atoms with van der Waals surface area (Å²) in [6, 6.07) is 7.19. The number of nitrogens with zero attached hydrogens (tertiary/aromatic N) is 5. The van der Waals surface area contributed by atoms with Crippen LogP contribution in [-0.4, -0.2) is 58.9 Å². The van der Waals surface area contributed by atoms with E-state index >= 15 is 0 Å². The molecule has 3 heterocycles. The molecule has 2 aromatic carbocycles. The zero-order chi connectivity index (χ0) is 23.1. The Morgan fingerprint density at radius 1 is 1.27 bits per heavy atom. The molecule has 0 radical (unpaired) electrons. The van der Waals surface area contributed by atoms with E-state index in [4.69, 9.17) is 4.74 Å². The number of amides is 1. The number of nitrogens with one attached hydrogen (secondary N) is 2. The number of likely N-dealkylation sites (N-methyl/N-ethyl adjacent to an activating group) is 1. The first-order chi connectivity index (χ1) is 16.0. The van der Waals surface area contributed by atoms with Crippen molar-refractivity contribution in [2.75, 3.05) is 37.5 Å². The molecule has 0 saturated carbocycles. The molecule has 10 heteroatoms. The minimum Gasteiger partial charge on any atom is -0.467 e. The molecular weight excluding hydrogens is 425 g/mol. The lowest BCUT2D eigenvalue weighted by Gasteiger charge is -2.21. The van der Waals surface area contributed by atoms with Crippen LogP contribution in [0.3, 0.4) is 0 Å². The number of benzene rings is 2. The third-order valence-electron chi connectivity index (χ3n) is 6.00. The smallest absolute Gasteiger partial charge is 0.316 e. The predicted molar refractivity (Wildman–Crippen MR) is 124 cm³/mol. The van der Waals surface area contributed by atoms with Crippen molar-refractivity contribution in [2.45, 2.75) is 12.5 Å². The van der Waals surface area contributed by atoms with Gasteiger partial charge in [0.2, 0.25) is 0 Å². The molecule has 9 nitrogen and oxygen atoms in total. The van der Waals surface area contributed by atoms with Gasteiger partial charge in [-0.3, -0.25) is 9.48 Å². The summed E-state index contributed by atoms with van der Waals surface area (Å²) in [5, 5.41) is 11.6. The maximum absolute atomic E-state index is 14.5. The topological polar surface area (TPSA) is 97.2 Å². The average molecular weight is 449 g/mol. The van der Waals surface area contributed by atoms with Crippen LogP contribution in [0.1, 0.15) is 16.8 Å². The quantitative estimate of drug-likeness (QED) is 0.484. The van der Waals surface area contributed by atoms with E-state index in [0.29, 0.717) is 28.2 Å². The van der Waals surface area contributed by atoms with Crippen LogP contribution >= 0.6 is 0 Å². The number of hydrogen-bond donors (Lipinski definition) is 2. The van der Waals surface area contributed by atoms with Gasteiger partial charge in [-0.25, -0.2) is 9.37 Å². The lowest BCUT2D eigenvalue weighted by molar-refractivity contribution is 0.102. The Morgan fingerprint density at radius 3 is 2.88 bits per heavy atom. The molecule has 0 spiro atoms. The molecule has 170 valence electrons. The first kappa shape index (κ1) is 21.1. The third-order valence-corrected chi connectivity index (χ3v) is 6.00. The van der Waals surface area contributed by atoms with Gasteiger partial charge in [0.1, 0.15) is 5.52 Å². The molecule has 2 N–H and O–H groups in total. The highest BCUT2D eigenvalue weighted by Gasteiger charge is 2.25. The Balaban J connectivity index is 1.53. The SMILES string of the molecule is CNC1CCN(c2ccc(C(=O)Nc3cc(F)c4nn(C)cc4c3)c3nc(OC)ncc23)C1. The standard InChI is InChI=1S/C23H24FN7O2/c1-25-14-6-7-31(12-14)19-5-4-16(21-17(19)10-26-23(28-21)33-3)22(32)27-15-8-13-11-30(2)29-20(13)18(24)9-15/h4-5,8-11,14,25H,6-7,12H2,1-3H3,(H,27,32). The van der Waals surface area contributed by atoms with Gasteiger partial charge in [0.15, 0.2) is 5.82 Å². The van der Waals surface area contributed by atoms with Crippen LogP contribution in [0.5, 0.6) is 6.01 Å². The fourth-order valence-electron chi connectivity index (χ4n) is 4.34. The van der Waals surface area contributed by atoms with Crippen LogP contribution < -0.4 is 20.3 Å². The fraction of sp³-hybridized carbons (Fsp3) is 0.304. The highest BCUT2D eigenvalue weighted by molar-refractivity contribution is 6.14. The number of anilines is 2. The molecule has 1 unspecified atom stereocenters. The lowest BCUT2D eigenvalue weighted by Crippen LogP contribution is -2.29. The number of aryl methyl sites for hydroxylation is 1. The van der Waals surface area contributed by atoms with Gasteiger partial charge in [0.05, 0.1) is 18.2 Å². The molecular formula is C23H24FN7O2. The van der Waals surface area contributed by atoms with Crippen LogP contribution in [-0.2, 0) is 7.05 Å². The summed E-state index contributed by atoms with van der Waals surface area (Å²) in [5.74, 6) is -0.898. The number of aromatic nitrogens is 4. The number of carbonyl (C=O) groups excluding carboxylic acids is 1. The highest BCUT2D eigenvalue weighted by Crippen LogP contribution is 2.32. The van der Waals surface area contributed by atoms with Gasteiger partial charge >= 0.3 is 6.01 Å². The van der Waals surface area contributed by atoms with Gasteiger partial charge in [-0.2, -0.15) is 10.1 Å². The summed E-state index contributed by atoms with van der Waals surface area (Å²) < 4.78 is 21.2. The van der Waals surface area contributed by atoms with Gasteiger partial charge < -0.3 is 20.3 Å². The van der Waals surface area contributed by atoms with Crippen molar-refractivity contribution in [1.29, 1.82) is 0 Å². The second kappa shape index (κ2) is 8.28. The van der Waals surface area contributed by atoms with Crippen molar-refractivity contribution in [3.05, 3.63) is 48.0 Å². The Kier molecular flexibility index (Phi) is 5.29. The van der Waals surface area contributed by atoms with Crippen LogP contribution in [0.4, 0.5) is 15.8 Å². The number of methoxy groups -OCH3 is 1. The summed E-state index contributed by atoms with van der Waals surface area (Å²) in [6.07, 6.45) is 4.41. The van der Waals surface area contributed by atoms with E-state index in [1.165, 1.54) is 17.9 Å². The van der Waals surface area contributed by atoms with E-state index in [1.54, 1.807) is 31.6 Å². The number of rotatable bonds is 5. The molecule has 4 aromatic rings. The predicted octanol–water partition coefficient (Wildman–Crippen LogP) is 2.71. The Bertz CT molecular complexity index is 1370. The van der Waals surface area contributed by atoms with Gasteiger partial charge in [-0.15, -0.1) is 0 Å². The first-order valence-corrected chi connectivity index (χ1v) is 10.7. The maximum Gasteiger partial charge on any atom is 0.316 e. The largest absolute Gasteiger partial charge is 0.467 e. The van der Waals surface area contributed by atoms with Crippen LogP contribution in [0, 0.1) is 5.82 Å². The van der Waals surface area contributed by atoms with Crippen molar-refractivity contribution in [2.24, 2.45) is 7.05 Å². The number of halogens is 1. The molecule has 0 aliphatic carbocycles. The number of fused-ring (bicyclic) bond motifs is 2. The van der Waals surface area contributed by atoms with Gasteiger partial charge in [0, 0.05) is 60.7 Å². The van der Waals surface area contributed by atoms with Crippen molar-refractivity contribution in [1.82, 2.24) is 25.1 Å². The van der Waals surface area contributed by atoms with Gasteiger partial charge in [0.25, 0.3) is 5.91 Å². The molecule has 1 aliphatic heterocycles. The average Bonchev–Trinajstić information content (AvgIpc) is 3.44. The van der Waals surface area contributed by atoms with E-state index < -0.39 is 11.7 Å². The number of carbonyl (C=O) groups is 1. The molecule has 1 amide bonds. The zero-order valence-electron chi connectivity index (χ0n) is 18.6. The molecule has 5 rings (SSSR count). The molecule has 1 atom stereocenters. The number of ether oxygens (including phenoxy) is 1. The third kappa shape index (κ3) is 3.82. The molecule has 2 aromatic heterocycles. The minimum atomic E-state index is -0.499. The minimum absolute atomic E-state index is 0.172. The van der Waals surface area contributed by atoms with Crippen LogP contribution in [0.2, 0.25) is 0 Å².